The summed E-state index contributed by atoms with van der Waals surface area (Å²) in [6, 6.07) is 7.41. The number of anilines is 1. The van der Waals surface area contributed by atoms with Gasteiger partial charge in [0.1, 0.15) is 0 Å². The summed E-state index contributed by atoms with van der Waals surface area (Å²) in [7, 11) is 1.76. The number of benzene rings is 1. The van der Waals surface area contributed by atoms with Crippen LogP contribution in [0.4, 0.5) is 5.69 Å². The molecule has 1 unspecified atom stereocenters. The molecule has 1 aliphatic carbocycles. The van der Waals surface area contributed by atoms with Crippen LogP contribution in [0.5, 0.6) is 0 Å². The van der Waals surface area contributed by atoms with Gasteiger partial charge >= 0.3 is 0 Å². The van der Waals surface area contributed by atoms with Gasteiger partial charge in [-0.25, -0.2) is 0 Å². The Bertz CT molecular complexity index is 583. The molecule has 5 heteroatoms. The minimum Gasteiger partial charge on any atom is -0.337 e. The van der Waals surface area contributed by atoms with Crippen molar-refractivity contribution in [3.05, 3.63) is 29.8 Å². The highest BCUT2D eigenvalue weighted by Crippen LogP contribution is 2.33. The van der Waals surface area contributed by atoms with E-state index in [0.29, 0.717) is 17.8 Å². The normalized spacial score (nSPS) is 21.5. The minimum absolute atomic E-state index is 0.0267. The number of hydrogen-bond acceptors (Lipinski definition) is 3. The number of nitrogens with two attached hydrogens (primary N) is 1. The van der Waals surface area contributed by atoms with E-state index >= 15 is 0 Å². The van der Waals surface area contributed by atoms with Crippen molar-refractivity contribution in [3.63, 3.8) is 0 Å². The van der Waals surface area contributed by atoms with Crippen LogP contribution in [-0.2, 0) is 4.79 Å². The predicted molar refractivity (Wildman–Crippen MR) is 85.7 cm³/mol. The molecule has 1 saturated heterocycles. The Hall–Kier alpha value is -1.88. The van der Waals surface area contributed by atoms with Crippen molar-refractivity contribution in [2.45, 2.75) is 31.7 Å². The number of para-hydroxylation sites is 1. The third-order valence-corrected chi connectivity index (χ3v) is 4.50. The van der Waals surface area contributed by atoms with Crippen LogP contribution in [-0.4, -0.2) is 42.9 Å². The molecule has 2 fully saturated rings. The lowest BCUT2D eigenvalue weighted by Gasteiger charge is -2.32. The van der Waals surface area contributed by atoms with Crippen LogP contribution in [0.3, 0.4) is 0 Å². The molecule has 1 atom stereocenters. The number of carbonyl (C=O) groups is 2. The maximum absolute atomic E-state index is 12.8. The molecule has 3 rings (SSSR count). The van der Waals surface area contributed by atoms with Gasteiger partial charge in [-0.05, 0) is 37.8 Å². The quantitative estimate of drug-likeness (QED) is 0.922. The molecule has 1 saturated carbocycles. The van der Waals surface area contributed by atoms with E-state index in [-0.39, 0.29) is 23.8 Å². The molecule has 22 heavy (non-hydrogen) atoms. The van der Waals surface area contributed by atoms with Crippen molar-refractivity contribution in [3.8, 4) is 0 Å². The number of likely N-dealkylation sites (tertiary alicyclic amines) is 1. The lowest BCUT2D eigenvalue weighted by Crippen LogP contribution is -2.46. The number of amides is 2. The Labute approximate surface area is 131 Å². The third-order valence-electron chi connectivity index (χ3n) is 4.50. The molecule has 0 radical (unpaired) electrons. The highest BCUT2D eigenvalue weighted by molar-refractivity contribution is 6.05. The van der Waals surface area contributed by atoms with E-state index < -0.39 is 0 Å². The molecule has 2 amide bonds. The van der Waals surface area contributed by atoms with Gasteiger partial charge in [0.25, 0.3) is 5.91 Å². The van der Waals surface area contributed by atoms with Gasteiger partial charge in [-0.1, -0.05) is 12.1 Å². The topological polar surface area (TPSA) is 66.6 Å². The van der Waals surface area contributed by atoms with Crippen molar-refractivity contribution < 1.29 is 9.59 Å². The third kappa shape index (κ3) is 2.99. The Morgan fingerprint density at radius 3 is 2.64 bits per heavy atom. The molecule has 0 spiro atoms. The second-order valence-electron chi connectivity index (χ2n) is 6.34. The molecule has 1 heterocycles. The zero-order valence-electron chi connectivity index (χ0n) is 13.0. The highest BCUT2D eigenvalue weighted by atomic mass is 16.2. The summed E-state index contributed by atoms with van der Waals surface area (Å²) in [6.07, 6.45) is 3.82. The fraction of sp³-hybridized carbons (Fsp3) is 0.529. The molecule has 0 aromatic heterocycles. The first kappa shape index (κ1) is 15.0. The van der Waals surface area contributed by atoms with Crippen LogP contribution in [0.1, 0.15) is 36.0 Å². The van der Waals surface area contributed by atoms with E-state index in [1.807, 2.05) is 23.1 Å². The van der Waals surface area contributed by atoms with E-state index in [1.54, 1.807) is 18.0 Å². The van der Waals surface area contributed by atoms with Crippen LogP contribution in [0.25, 0.3) is 0 Å². The molecule has 2 aliphatic rings. The van der Waals surface area contributed by atoms with Crippen molar-refractivity contribution in [2.75, 3.05) is 25.0 Å². The van der Waals surface area contributed by atoms with Gasteiger partial charge in [0.15, 0.2) is 0 Å². The van der Waals surface area contributed by atoms with Crippen LogP contribution in [0, 0.1) is 5.92 Å². The Morgan fingerprint density at radius 1 is 1.23 bits per heavy atom. The van der Waals surface area contributed by atoms with E-state index in [1.165, 1.54) is 0 Å². The molecular weight excluding hydrogens is 278 g/mol. The van der Waals surface area contributed by atoms with Crippen LogP contribution in [0.2, 0.25) is 0 Å². The first-order valence-corrected chi connectivity index (χ1v) is 7.99. The fourth-order valence-electron chi connectivity index (χ4n) is 3.03. The van der Waals surface area contributed by atoms with Gasteiger partial charge in [0.2, 0.25) is 5.91 Å². The maximum Gasteiger partial charge on any atom is 0.256 e. The number of nitrogens with zero attached hydrogens (tertiary/aromatic N) is 2. The Balaban J connectivity index is 1.83. The monoisotopic (exact) mass is 301 g/mol. The van der Waals surface area contributed by atoms with Gasteiger partial charge in [-0.3, -0.25) is 9.59 Å². The summed E-state index contributed by atoms with van der Waals surface area (Å²) in [4.78, 5) is 28.5. The minimum atomic E-state index is -0.0267. The summed E-state index contributed by atoms with van der Waals surface area (Å²) < 4.78 is 0. The first-order valence-electron chi connectivity index (χ1n) is 7.99. The number of hydrogen-bond donors (Lipinski definition) is 1. The number of carbonyl (C=O) groups excluding carboxylic acids is 2. The standard InChI is InChI=1S/C17H23N3O2/c1-19(16(21)12-8-9-12)15-7-3-2-6-14(15)17(22)20-10-4-5-13(18)11-20/h2-3,6-7,12-13H,4-5,8-11,18H2,1H3. The van der Waals surface area contributed by atoms with Crippen molar-refractivity contribution in [2.24, 2.45) is 11.7 Å². The van der Waals surface area contributed by atoms with Crippen molar-refractivity contribution in [1.29, 1.82) is 0 Å². The zero-order chi connectivity index (χ0) is 15.7. The fourth-order valence-corrected chi connectivity index (χ4v) is 3.03. The molecule has 1 aromatic rings. The molecule has 5 nitrogen and oxygen atoms in total. The predicted octanol–water partition coefficient (Wildman–Crippen LogP) is 1.62. The largest absolute Gasteiger partial charge is 0.337 e. The zero-order valence-corrected chi connectivity index (χ0v) is 13.0. The lowest BCUT2D eigenvalue weighted by molar-refractivity contribution is -0.119. The Kier molecular flexibility index (Phi) is 4.16. The SMILES string of the molecule is CN(C(=O)C1CC1)c1ccccc1C(=O)N1CCCC(N)C1. The van der Waals surface area contributed by atoms with E-state index in [4.69, 9.17) is 5.73 Å². The van der Waals surface area contributed by atoms with E-state index in [9.17, 15) is 9.59 Å². The van der Waals surface area contributed by atoms with E-state index in [2.05, 4.69) is 0 Å². The van der Waals surface area contributed by atoms with Gasteiger partial charge in [-0.15, -0.1) is 0 Å². The highest BCUT2D eigenvalue weighted by Gasteiger charge is 2.34. The van der Waals surface area contributed by atoms with E-state index in [0.717, 1.165) is 32.2 Å². The van der Waals surface area contributed by atoms with Crippen LogP contribution < -0.4 is 10.6 Å². The average Bonchev–Trinajstić information content (AvgIpc) is 3.37. The molecule has 1 aliphatic heterocycles. The smallest absolute Gasteiger partial charge is 0.256 e. The number of rotatable bonds is 3. The first-order chi connectivity index (χ1) is 10.6. The summed E-state index contributed by atoms with van der Waals surface area (Å²) in [5.41, 5.74) is 7.27. The molecular formula is C17H23N3O2. The second-order valence-corrected chi connectivity index (χ2v) is 6.34. The van der Waals surface area contributed by atoms with Gasteiger partial charge in [0.05, 0.1) is 11.3 Å². The number of piperidine rings is 1. The van der Waals surface area contributed by atoms with Gasteiger partial charge in [0, 0.05) is 32.1 Å². The average molecular weight is 301 g/mol. The van der Waals surface area contributed by atoms with Crippen molar-refractivity contribution in [1.82, 2.24) is 4.90 Å². The summed E-state index contributed by atoms with van der Waals surface area (Å²) in [5, 5.41) is 0. The summed E-state index contributed by atoms with van der Waals surface area (Å²) >= 11 is 0. The second kappa shape index (κ2) is 6.08. The summed E-state index contributed by atoms with van der Waals surface area (Å²) in [6.45, 7) is 1.33. The van der Waals surface area contributed by atoms with Gasteiger partial charge in [-0.2, -0.15) is 0 Å². The van der Waals surface area contributed by atoms with Crippen LogP contribution >= 0.6 is 0 Å². The summed E-state index contributed by atoms with van der Waals surface area (Å²) in [5.74, 6) is 0.216. The van der Waals surface area contributed by atoms with Crippen molar-refractivity contribution >= 4 is 17.5 Å². The molecule has 2 N–H and O–H groups in total. The molecule has 1 aromatic carbocycles. The van der Waals surface area contributed by atoms with Crippen LogP contribution in [0.15, 0.2) is 24.3 Å². The molecule has 0 bridgehead atoms. The lowest BCUT2D eigenvalue weighted by atomic mass is 10.0. The van der Waals surface area contributed by atoms with Gasteiger partial charge < -0.3 is 15.5 Å². The Morgan fingerprint density at radius 2 is 1.95 bits per heavy atom. The molecule has 118 valence electrons. The maximum atomic E-state index is 12.8.